The first-order chi connectivity index (χ1) is 15.4. The zero-order chi connectivity index (χ0) is 23.0. The van der Waals surface area contributed by atoms with E-state index in [4.69, 9.17) is 4.99 Å². The summed E-state index contributed by atoms with van der Waals surface area (Å²) in [6, 6.07) is 0.167. The lowest BCUT2D eigenvalue weighted by Crippen LogP contribution is -2.49. The number of carbonyl (C=O) groups excluding carboxylic acids is 2. The molecule has 3 N–H and O–H groups in total. The quantitative estimate of drug-likeness (QED) is 0.218. The molecule has 1 saturated carbocycles. The van der Waals surface area contributed by atoms with Crippen molar-refractivity contribution in [1.29, 1.82) is 0 Å². The third-order valence-electron chi connectivity index (χ3n) is 7.38. The second-order valence-corrected chi connectivity index (χ2v) is 9.91. The summed E-state index contributed by atoms with van der Waals surface area (Å²) in [6.45, 7) is 11.2. The monoisotopic (exact) mass is 448 g/mol. The fourth-order valence-corrected chi connectivity index (χ4v) is 5.12. The molecule has 8 nitrogen and oxygen atoms in total. The molecular weight excluding hydrogens is 404 g/mol. The van der Waals surface area contributed by atoms with Gasteiger partial charge in [0.25, 0.3) is 5.91 Å². The van der Waals surface area contributed by atoms with Crippen LogP contribution in [0, 0.1) is 5.92 Å². The predicted octanol–water partition coefficient (Wildman–Crippen LogP) is 2.70. The van der Waals surface area contributed by atoms with E-state index in [0.29, 0.717) is 32.0 Å². The smallest absolute Gasteiger partial charge is 0.325 e. The van der Waals surface area contributed by atoms with Crippen LogP contribution < -0.4 is 16.0 Å². The van der Waals surface area contributed by atoms with E-state index in [1.807, 2.05) is 6.92 Å². The minimum Gasteiger partial charge on any atom is -0.357 e. The van der Waals surface area contributed by atoms with Gasteiger partial charge in [0, 0.05) is 45.3 Å². The third kappa shape index (κ3) is 6.59. The minimum atomic E-state index is -0.761. The summed E-state index contributed by atoms with van der Waals surface area (Å²) in [5.41, 5.74) is -0.761. The van der Waals surface area contributed by atoms with Gasteiger partial charge < -0.3 is 20.9 Å². The highest BCUT2D eigenvalue weighted by Gasteiger charge is 2.45. The highest BCUT2D eigenvalue weighted by Crippen LogP contribution is 2.25. The van der Waals surface area contributed by atoms with Crippen molar-refractivity contribution in [2.75, 3.05) is 39.3 Å². The zero-order valence-electron chi connectivity index (χ0n) is 20.4. The topological polar surface area (TPSA) is 89.1 Å². The molecule has 3 rings (SSSR count). The van der Waals surface area contributed by atoms with Crippen molar-refractivity contribution in [3.8, 4) is 0 Å². The summed E-state index contributed by atoms with van der Waals surface area (Å²) in [7, 11) is 0. The van der Waals surface area contributed by atoms with E-state index in [2.05, 4.69) is 27.8 Å². The summed E-state index contributed by atoms with van der Waals surface area (Å²) in [5, 5.41) is 9.75. The maximum Gasteiger partial charge on any atom is 0.325 e. The fourth-order valence-electron chi connectivity index (χ4n) is 5.12. The molecule has 2 heterocycles. The number of likely N-dealkylation sites (tertiary alicyclic amines) is 1. The Morgan fingerprint density at radius 3 is 2.47 bits per heavy atom. The Bertz CT molecular complexity index is 655. The number of piperidine rings is 1. The van der Waals surface area contributed by atoms with Crippen LogP contribution in [0.25, 0.3) is 0 Å². The zero-order valence-corrected chi connectivity index (χ0v) is 20.4. The Morgan fingerprint density at radius 1 is 1.12 bits per heavy atom. The maximum absolute atomic E-state index is 12.5. The van der Waals surface area contributed by atoms with Crippen LogP contribution in [0.4, 0.5) is 4.79 Å². The molecule has 182 valence electrons. The molecule has 0 bridgehead atoms. The molecule has 3 fully saturated rings. The lowest BCUT2D eigenvalue weighted by Gasteiger charge is -2.36. The number of aliphatic imine (C=N–C) groups is 1. The first kappa shape index (κ1) is 24.8. The summed E-state index contributed by atoms with van der Waals surface area (Å²) in [4.78, 5) is 33.3. The first-order valence-electron chi connectivity index (χ1n) is 12.9. The van der Waals surface area contributed by atoms with Crippen LogP contribution in [0.1, 0.15) is 78.6 Å². The molecule has 8 heteroatoms. The van der Waals surface area contributed by atoms with Crippen molar-refractivity contribution >= 4 is 17.9 Å². The Labute approximate surface area is 194 Å². The summed E-state index contributed by atoms with van der Waals surface area (Å²) < 4.78 is 0. The predicted molar refractivity (Wildman–Crippen MR) is 129 cm³/mol. The molecule has 0 aromatic rings. The molecule has 3 amide bonds. The molecule has 1 aliphatic carbocycles. The van der Waals surface area contributed by atoms with Crippen molar-refractivity contribution < 1.29 is 9.59 Å². The number of urea groups is 1. The standard InChI is InChI=1S/C24H44N6O2/c1-4-24(3)21(31)30(23(32)28-24)15-9-14-26-22(25-5-2)27-20-12-16-29(17-13-20)18-19-10-7-6-8-11-19/h19-20H,4-18H2,1-3H3,(H,28,32)(H2,25,26,27). The van der Waals surface area contributed by atoms with Crippen LogP contribution in [0.5, 0.6) is 0 Å². The average molecular weight is 449 g/mol. The number of nitrogens with one attached hydrogen (secondary N) is 3. The van der Waals surface area contributed by atoms with Crippen molar-refractivity contribution in [1.82, 2.24) is 25.8 Å². The van der Waals surface area contributed by atoms with Gasteiger partial charge in [-0.2, -0.15) is 0 Å². The molecule has 2 aliphatic heterocycles. The molecular formula is C24H44N6O2. The van der Waals surface area contributed by atoms with Gasteiger partial charge in [-0.05, 0) is 58.3 Å². The van der Waals surface area contributed by atoms with Gasteiger partial charge >= 0.3 is 6.03 Å². The number of hydrogen-bond donors (Lipinski definition) is 3. The number of nitrogens with zero attached hydrogens (tertiary/aromatic N) is 3. The lowest BCUT2D eigenvalue weighted by molar-refractivity contribution is -0.130. The number of rotatable bonds is 9. The Balaban J connectivity index is 1.39. The van der Waals surface area contributed by atoms with Gasteiger partial charge in [-0.3, -0.25) is 14.7 Å². The van der Waals surface area contributed by atoms with Crippen LogP contribution in [0.2, 0.25) is 0 Å². The average Bonchev–Trinajstić information content (AvgIpc) is 3.02. The van der Waals surface area contributed by atoms with E-state index >= 15 is 0 Å². The summed E-state index contributed by atoms with van der Waals surface area (Å²) in [5.74, 6) is 1.62. The van der Waals surface area contributed by atoms with Crippen LogP contribution >= 0.6 is 0 Å². The van der Waals surface area contributed by atoms with Crippen molar-refractivity contribution in [3.05, 3.63) is 0 Å². The Morgan fingerprint density at radius 2 is 1.84 bits per heavy atom. The summed E-state index contributed by atoms with van der Waals surface area (Å²) >= 11 is 0. The normalized spacial score (nSPS) is 26.5. The van der Waals surface area contributed by atoms with Gasteiger partial charge in [-0.1, -0.05) is 26.2 Å². The van der Waals surface area contributed by atoms with E-state index < -0.39 is 5.54 Å². The third-order valence-corrected chi connectivity index (χ3v) is 7.38. The van der Waals surface area contributed by atoms with Gasteiger partial charge in [0.1, 0.15) is 5.54 Å². The molecule has 2 saturated heterocycles. The second kappa shape index (κ2) is 11.9. The molecule has 0 aromatic heterocycles. The van der Waals surface area contributed by atoms with Crippen LogP contribution in [0.15, 0.2) is 4.99 Å². The largest absolute Gasteiger partial charge is 0.357 e. The maximum atomic E-state index is 12.5. The number of guanidine groups is 1. The Hall–Kier alpha value is -1.83. The molecule has 1 unspecified atom stereocenters. The molecule has 1 atom stereocenters. The van der Waals surface area contributed by atoms with Gasteiger partial charge in [0.15, 0.2) is 5.96 Å². The SMILES string of the molecule is CCNC(=NCCCN1C(=O)NC(C)(CC)C1=O)NC1CCN(CC2CCCCC2)CC1. The number of carbonyl (C=O) groups is 2. The van der Waals surface area contributed by atoms with Crippen LogP contribution in [0.3, 0.4) is 0 Å². The second-order valence-electron chi connectivity index (χ2n) is 9.91. The van der Waals surface area contributed by atoms with E-state index in [0.717, 1.165) is 44.4 Å². The van der Waals surface area contributed by atoms with Gasteiger partial charge in [-0.15, -0.1) is 0 Å². The highest BCUT2D eigenvalue weighted by atomic mass is 16.2. The molecule has 0 spiro atoms. The van der Waals surface area contributed by atoms with Gasteiger partial charge in [0.05, 0.1) is 0 Å². The molecule has 32 heavy (non-hydrogen) atoms. The number of hydrogen-bond acceptors (Lipinski definition) is 4. The number of amides is 3. The Kier molecular flexibility index (Phi) is 9.20. The van der Waals surface area contributed by atoms with Crippen molar-refractivity contribution in [2.24, 2.45) is 10.9 Å². The fraction of sp³-hybridized carbons (Fsp3) is 0.875. The van der Waals surface area contributed by atoms with E-state index in [1.54, 1.807) is 6.92 Å². The van der Waals surface area contributed by atoms with Crippen LogP contribution in [-0.4, -0.2) is 78.5 Å². The van der Waals surface area contributed by atoms with E-state index in [9.17, 15) is 9.59 Å². The number of imide groups is 1. The first-order valence-corrected chi connectivity index (χ1v) is 12.9. The van der Waals surface area contributed by atoms with Crippen molar-refractivity contribution in [2.45, 2.75) is 90.1 Å². The molecule has 0 radical (unpaired) electrons. The van der Waals surface area contributed by atoms with Crippen molar-refractivity contribution in [3.63, 3.8) is 0 Å². The summed E-state index contributed by atoms with van der Waals surface area (Å²) in [6.07, 6.45) is 10.6. The molecule has 3 aliphatic rings. The van der Waals surface area contributed by atoms with Gasteiger partial charge in [-0.25, -0.2) is 4.79 Å². The highest BCUT2D eigenvalue weighted by molar-refractivity contribution is 6.06. The van der Waals surface area contributed by atoms with E-state index in [-0.39, 0.29) is 11.9 Å². The van der Waals surface area contributed by atoms with E-state index in [1.165, 1.54) is 43.5 Å². The van der Waals surface area contributed by atoms with Gasteiger partial charge in [0.2, 0.25) is 0 Å². The molecule has 0 aromatic carbocycles. The minimum absolute atomic E-state index is 0.126. The lowest BCUT2D eigenvalue weighted by atomic mass is 9.88. The van der Waals surface area contributed by atoms with Crippen LogP contribution in [-0.2, 0) is 4.79 Å².